The van der Waals surface area contributed by atoms with Crippen molar-refractivity contribution in [2.24, 2.45) is 0 Å². The van der Waals surface area contributed by atoms with Gasteiger partial charge in [-0.15, -0.1) is 0 Å². The monoisotopic (exact) mass is 199 g/mol. The standard InChI is InChI=1S/C10H17NO3/c1-3-5-6-7-9(12)11-8(4-2)10(13)14/h4H,3,5-7H2,1-2H3,(H,11,12)(H,13,14). The normalized spacial score (nSPS) is 11.1. The molecule has 14 heavy (non-hydrogen) atoms. The van der Waals surface area contributed by atoms with Crippen molar-refractivity contribution in [2.75, 3.05) is 0 Å². The summed E-state index contributed by atoms with van der Waals surface area (Å²) in [5, 5.41) is 11.0. The lowest BCUT2D eigenvalue weighted by Crippen LogP contribution is -2.26. The van der Waals surface area contributed by atoms with E-state index < -0.39 is 5.97 Å². The second kappa shape index (κ2) is 7.12. The highest BCUT2D eigenvalue weighted by Crippen LogP contribution is 1.99. The first kappa shape index (κ1) is 12.7. The van der Waals surface area contributed by atoms with Crippen molar-refractivity contribution in [1.29, 1.82) is 0 Å². The average Bonchev–Trinajstić information content (AvgIpc) is 2.14. The van der Waals surface area contributed by atoms with E-state index in [1.807, 2.05) is 6.92 Å². The van der Waals surface area contributed by atoms with Crippen molar-refractivity contribution in [3.05, 3.63) is 11.8 Å². The van der Waals surface area contributed by atoms with E-state index in [1.165, 1.54) is 6.08 Å². The topological polar surface area (TPSA) is 66.4 Å². The summed E-state index contributed by atoms with van der Waals surface area (Å²) in [5.74, 6) is -1.33. The number of unbranched alkanes of at least 4 members (excludes halogenated alkanes) is 2. The number of rotatable bonds is 6. The predicted molar refractivity (Wildman–Crippen MR) is 53.7 cm³/mol. The maximum absolute atomic E-state index is 11.2. The van der Waals surface area contributed by atoms with Gasteiger partial charge in [-0.25, -0.2) is 4.79 Å². The molecule has 4 nitrogen and oxygen atoms in total. The number of hydrogen-bond donors (Lipinski definition) is 2. The number of nitrogens with one attached hydrogen (secondary N) is 1. The number of allylic oxidation sites excluding steroid dienone is 1. The van der Waals surface area contributed by atoms with Crippen molar-refractivity contribution in [3.63, 3.8) is 0 Å². The Morgan fingerprint density at radius 1 is 1.36 bits per heavy atom. The zero-order valence-corrected chi connectivity index (χ0v) is 8.67. The summed E-state index contributed by atoms with van der Waals surface area (Å²) in [5.41, 5.74) is -0.0495. The molecule has 0 radical (unpaired) electrons. The summed E-state index contributed by atoms with van der Waals surface area (Å²) in [6, 6.07) is 0. The Kier molecular flexibility index (Phi) is 6.45. The van der Waals surface area contributed by atoms with E-state index in [9.17, 15) is 9.59 Å². The van der Waals surface area contributed by atoms with Crippen LogP contribution in [0, 0.1) is 0 Å². The summed E-state index contributed by atoms with van der Waals surface area (Å²) >= 11 is 0. The fraction of sp³-hybridized carbons (Fsp3) is 0.600. The molecular weight excluding hydrogens is 182 g/mol. The predicted octanol–water partition coefficient (Wildman–Crippen LogP) is 1.67. The first-order valence-corrected chi connectivity index (χ1v) is 4.81. The minimum Gasteiger partial charge on any atom is -0.477 e. The van der Waals surface area contributed by atoms with Crippen LogP contribution >= 0.6 is 0 Å². The van der Waals surface area contributed by atoms with Crippen molar-refractivity contribution >= 4 is 11.9 Å². The Balaban J connectivity index is 3.87. The van der Waals surface area contributed by atoms with E-state index in [2.05, 4.69) is 5.32 Å². The van der Waals surface area contributed by atoms with Crippen LogP contribution in [-0.2, 0) is 9.59 Å². The second-order valence-electron chi connectivity index (χ2n) is 3.01. The number of carbonyl (C=O) groups excluding carboxylic acids is 1. The summed E-state index contributed by atoms with van der Waals surface area (Å²) in [6.07, 6.45) is 4.60. The molecule has 0 bridgehead atoms. The van der Waals surface area contributed by atoms with E-state index >= 15 is 0 Å². The van der Waals surface area contributed by atoms with Crippen LogP contribution in [0.1, 0.15) is 39.5 Å². The van der Waals surface area contributed by atoms with E-state index in [1.54, 1.807) is 6.92 Å². The van der Waals surface area contributed by atoms with Gasteiger partial charge < -0.3 is 10.4 Å². The lowest BCUT2D eigenvalue weighted by molar-refractivity contribution is -0.134. The van der Waals surface area contributed by atoms with Gasteiger partial charge in [-0.05, 0) is 13.3 Å². The lowest BCUT2D eigenvalue weighted by atomic mass is 10.2. The van der Waals surface area contributed by atoms with Gasteiger partial charge in [0, 0.05) is 6.42 Å². The largest absolute Gasteiger partial charge is 0.477 e. The molecule has 0 saturated carbocycles. The molecule has 0 unspecified atom stereocenters. The fourth-order valence-corrected chi connectivity index (χ4v) is 0.997. The third kappa shape index (κ3) is 5.35. The number of carbonyl (C=O) groups is 2. The summed E-state index contributed by atoms with van der Waals surface area (Å²) < 4.78 is 0. The number of amides is 1. The van der Waals surface area contributed by atoms with Gasteiger partial charge in [0.2, 0.25) is 5.91 Å². The van der Waals surface area contributed by atoms with Gasteiger partial charge in [0.1, 0.15) is 5.70 Å². The first-order valence-electron chi connectivity index (χ1n) is 4.81. The molecule has 0 rings (SSSR count). The Bertz CT molecular complexity index is 234. The molecule has 0 aromatic carbocycles. The van der Waals surface area contributed by atoms with E-state index in [0.29, 0.717) is 6.42 Å². The van der Waals surface area contributed by atoms with Crippen LogP contribution in [0.3, 0.4) is 0 Å². The molecule has 0 spiro atoms. The van der Waals surface area contributed by atoms with E-state index in [-0.39, 0.29) is 11.6 Å². The van der Waals surface area contributed by atoms with Gasteiger partial charge in [-0.1, -0.05) is 25.8 Å². The highest BCUT2D eigenvalue weighted by molar-refractivity contribution is 5.92. The molecule has 0 heterocycles. The fourth-order valence-electron chi connectivity index (χ4n) is 0.997. The van der Waals surface area contributed by atoms with Crippen LogP contribution in [-0.4, -0.2) is 17.0 Å². The van der Waals surface area contributed by atoms with Gasteiger partial charge in [-0.3, -0.25) is 4.79 Å². The van der Waals surface area contributed by atoms with Crippen LogP contribution in [0.4, 0.5) is 0 Å². The molecule has 4 heteroatoms. The van der Waals surface area contributed by atoms with E-state index in [0.717, 1.165) is 19.3 Å². The van der Waals surface area contributed by atoms with Crippen molar-refractivity contribution < 1.29 is 14.7 Å². The Hall–Kier alpha value is -1.32. The molecule has 0 fully saturated rings. The zero-order valence-electron chi connectivity index (χ0n) is 8.67. The third-order valence-corrected chi connectivity index (χ3v) is 1.80. The van der Waals surface area contributed by atoms with Crippen molar-refractivity contribution in [1.82, 2.24) is 5.32 Å². The number of aliphatic carboxylic acids is 1. The van der Waals surface area contributed by atoms with Crippen LogP contribution in [0.15, 0.2) is 11.8 Å². The van der Waals surface area contributed by atoms with Gasteiger partial charge in [0.25, 0.3) is 0 Å². The number of hydrogen-bond acceptors (Lipinski definition) is 2. The molecule has 0 aromatic heterocycles. The quantitative estimate of drug-likeness (QED) is 0.505. The van der Waals surface area contributed by atoms with Crippen molar-refractivity contribution in [3.8, 4) is 0 Å². The van der Waals surface area contributed by atoms with Gasteiger partial charge in [0.15, 0.2) is 0 Å². The van der Waals surface area contributed by atoms with Gasteiger partial charge >= 0.3 is 5.97 Å². The van der Waals surface area contributed by atoms with E-state index in [4.69, 9.17) is 5.11 Å². The highest BCUT2D eigenvalue weighted by Gasteiger charge is 2.09. The molecule has 80 valence electrons. The summed E-state index contributed by atoms with van der Waals surface area (Å²) in [6.45, 7) is 3.63. The second-order valence-corrected chi connectivity index (χ2v) is 3.01. The zero-order chi connectivity index (χ0) is 11.0. The maximum atomic E-state index is 11.2. The molecule has 0 aliphatic rings. The maximum Gasteiger partial charge on any atom is 0.352 e. The minimum atomic E-state index is -1.10. The number of carboxylic acids is 1. The lowest BCUT2D eigenvalue weighted by Gasteiger charge is -2.04. The summed E-state index contributed by atoms with van der Waals surface area (Å²) in [7, 11) is 0. The smallest absolute Gasteiger partial charge is 0.352 e. The molecule has 0 atom stereocenters. The highest BCUT2D eigenvalue weighted by atomic mass is 16.4. The third-order valence-electron chi connectivity index (χ3n) is 1.80. The van der Waals surface area contributed by atoms with Crippen molar-refractivity contribution in [2.45, 2.75) is 39.5 Å². The molecular formula is C10H17NO3. The Morgan fingerprint density at radius 2 is 2.00 bits per heavy atom. The summed E-state index contributed by atoms with van der Waals surface area (Å²) in [4.78, 5) is 21.7. The van der Waals surface area contributed by atoms with Crippen LogP contribution in [0.25, 0.3) is 0 Å². The Morgan fingerprint density at radius 3 is 2.43 bits per heavy atom. The van der Waals surface area contributed by atoms with Crippen LogP contribution in [0.5, 0.6) is 0 Å². The SMILES string of the molecule is CC=C(NC(=O)CCCCC)C(=O)O. The molecule has 0 aliphatic heterocycles. The van der Waals surface area contributed by atoms with Crippen LogP contribution < -0.4 is 5.32 Å². The number of carboxylic acid groups (broad SMARTS) is 1. The molecule has 0 aromatic rings. The van der Waals surface area contributed by atoms with Gasteiger partial charge in [-0.2, -0.15) is 0 Å². The Labute approximate surface area is 84.0 Å². The van der Waals surface area contributed by atoms with Crippen LogP contribution in [0.2, 0.25) is 0 Å². The molecule has 1 amide bonds. The van der Waals surface area contributed by atoms with Gasteiger partial charge in [0.05, 0.1) is 0 Å². The minimum absolute atomic E-state index is 0.0495. The first-order chi connectivity index (χ1) is 6.61. The molecule has 0 saturated heterocycles. The molecule has 0 aliphatic carbocycles. The average molecular weight is 199 g/mol. The molecule has 2 N–H and O–H groups in total.